The highest BCUT2D eigenvalue weighted by Crippen LogP contribution is 2.34. The van der Waals surface area contributed by atoms with Crippen molar-refractivity contribution in [1.82, 2.24) is 0 Å². The van der Waals surface area contributed by atoms with Crippen LogP contribution in [0, 0.1) is 0 Å². The van der Waals surface area contributed by atoms with Gasteiger partial charge in [-0.2, -0.15) is 0 Å². The number of carbonyl (C=O) groups is 1. The maximum absolute atomic E-state index is 13.7. The molecule has 0 fully saturated rings. The third kappa shape index (κ3) is 5.60. The molecule has 5 nitrogen and oxygen atoms in total. The Hall–Kier alpha value is -3.18. The van der Waals surface area contributed by atoms with E-state index in [1.165, 1.54) is 5.56 Å². The highest BCUT2D eigenvalue weighted by atomic mass is 35.5. The summed E-state index contributed by atoms with van der Waals surface area (Å²) in [5.74, 6) is 0.775. The summed E-state index contributed by atoms with van der Waals surface area (Å²) >= 11 is 6.48. The Kier molecular flexibility index (Phi) is 8.23. The van der Waals surface area contributed by atoms with Gasteiger partial charge in [0, 0.05) is 16.4 Å². The predicted molar refractivity (Wildman–Crippen MR) is 139 cm³/mol. The van der Waals surface area contributed by atoms with Gasteiger partial charge in [0.05, 0.1) is 19.3 Å². The van der Waals surface area contributed by atoms with E-state index in [-0.39, 0.29) is 6.03 Å². The minimum Gasteiger partial charge on any atom is -0.497 e. The molecule has 0 aliphatic carbocycles. The number of amides is 2. The molecule has 33 heavy (non-hydrogen) atoms. The van der Waals surface area contributed by atoms with Crippen LogP contribution in [-0.4, -0.2) is 13.1 Å². The van der Waals surface area contributed by atoms with Crippen molar-refractivity contribution in [3.8, 4) is 5.75 Å². The van der Waals surface area contributed by atoms with E-state index in [4.69, 9.17) is 22.1 Å². The molecule has 0 bridgehead atoms. The second kappa shape index (κ2) is 11.1. The lowest BCUT2D eigenvalue weighted by Crippen LogP contribution is -2.35. The number of aryl methyl sites for hydroxylation is 1. The Morgan fingerprint density at radius 1 is 0.939 bits per heavy atom. The number of carbonyl (C=O) groups excluding carboxylic acids is 1. The van der Waals surface area contributed by atoms with Crippen LogP contribution >= 0.6 is 11.6 Å². The van der Waals surface area contributed by atoms with Crippen molar-refractivity contribution in [3.05, 3.63) is 81.9 Å². The molecule has 3 aromatic carbocycles. The van der Waals surface area contributed by atoms with E-state index in [2.05, 4.69) is 24.4 Å². The lowest BCUT2D eigenvalue weighted by atomic mass is 10.0. The van der Waals surface area contributed by atoms with Gasteiger partial charge < -0.3 is 15.8 Å². The number of halogens is 1. The summed E-state index contributed by atoms with van der Waals surface area (Å²) in [7, 11) is 1.64. The van der Waals surface area contributed by atoms with Crippen LogP contribution < -0.4 is 20.7 Å². The smallest absolute Gasteiger partial charge is 0.326 e. The van der Waals surface area contributed by atoms with Gasteiger partial charge in [0.2, 0.25) is 0 Å². The first-order chi connectivity index (χ1) is 15.9. The highest BCUT2D eigenvalue weighted by Gasteiger charge is 2.21. The van der Waals surface area contributed by atoms with Gasteiger partial charge in [-0.3, -0.25) is 4.90 Å². The molecule has 3 aromatic rings. The van der Waals surface area contributed by atoms with Gasteiger partial charge in [0.15, 0.2) is 0 Å². The number of rotatable bonds is 8. The molecule has 0 radical (unpaired) electrons. The molecule has 0 aromatic heterocycles. The molecule has 0 aliphatic heterocycles. The normalized spacial score (nSPS) is 10.7. The van der Waals surface area contributed by atoms with Gasteiger partial charge in [0.1, 0.15) is 5.75 Å². The van der Waals surface area contributed by atoms with Crippen LogP contribution in [0.3, 0.4) is 0 Å². The number of nitrogens with one attached hydrogen (secondary N) is 1. The summed E-state index contributed by atoms with van der Waals surface area (Å²) < 4.78 is 5.27. The fraction of sp³-hybridized carbons (Fsp3) is 0.296. The largest absolute Gasteiger partial charge is 0.497 e. The zero-order valence-electron chi connectivity index (χ0n) is 19.7. The van der Waals surface area contributed by atoms with Crippen LogP contribution in [0.1, 0.15) is 43.0 Å². The third-order valence-corrected chi connectivity index (χ3v) is 6.20. The number of benzene rings is 3. The summed E-state index contributed by atoms with van der Waals surface area (Å²) in [4.78, 5) is 15.4. The van der Waals surface area contributed by atoms with Crippen LogP contribution in [0.15, 0.2) is 54.6 Å². The average molecular weight is 466 g/mol. The van der Waals surface area contributed by atoms with Gasteiger partial charge in [-0.25, -0.2) is 4.79 Å². The number of nitrogen functional groups attached to an aromatic ring is 1. The minimum absolute atomic E-state index is 0.235. The van der Waals surface area contributed by atoms with Crippen molar-refractivity contribution < 1.29 is 9.53 Å². The van der Waals surface area contributed by atoms with Crippen molar-refractivity contribution in [3.63, 3.8) is 0 Å². The van der Waals surface area contributed by atoms with Crippen LogP contribution in [0.2, 0.25) is 5.02 Å². The molecular weight excluding hydrogens is 434 g/mol. The number of nitrogens with zero attached hydrogens (tertiary/aromatic N) is 1. The fourth-order valence-corrected chi connectivity index (χ4v) is 4.26. The number of anilines is 3. The first kappa shape index (κ1) is 24.5. The van der Waals surface area contributed by atoms with Crippen LogP contribution in [-0.2, 0) is 25.8 Å². The molecular formula is C27H32ClN3O2. The van der Waals surface area contributed by atoms with Crippen LogP contribution in [0.25, 0.3) is 0 Å². The van der Waals surface area contributed by atoms with Gasteiger partial charge in [-0.05, 0) is 71.8 Å². The zero-order valence-corrected chi connectivity index (χ0v) is 20.5. The maximum Gasteiger partial charge on any atom is 0.326 e. The molecule has 174 valence electrons. The number of hydrogen-bond donors (Lipinski definition) is 2. The Labute approximate surface area is 201 Å². The third-order valence-electron chi connectivity index (χ3n) is 5.86. The predicted octanol–water partition coefficient (Wildman–Crippen LogP) is 6.86. The number of hydrogen-bond acceptors (Lipinski definition) is 3. The Morgan fingerprint density at radius 2 is 1.55 bits per heavy atom. The molecule has 0 unspecified atom stereocenters. The van der Waals surface area contributed by atoms with E-state index in [0.29, 0.717) is 35.8 Å². The van der Waals surface area contributed by atoms with Gasteiger partial charge in [0.25, 0.3) is 0 Å². The van der Waals surface area contributed by atoms with Crippen molar-refractivity contribution in [1.29, 1.82) is 0 Å². The van der Waals surface area contributed by atoms with Gasteiger partial charge >= 0.3 is 6.03 Å². The first-order valence-corrected chi connectivity index (χ1v) is 11.7. The Balaban J connectivity index is 2.00. The Morgan fingerprint density at radius 3 is 2.09 bits per heavy atom. The molecule has 6 heteroatoms. The zero-order chi connectivity index (χ0) is 24.0. The van der Waals surface area contributed by atoms with E-state index < -0.39 is 0 Å². The number of methoxy groups -OCH3 is 1. The maximum atomic E-state index is 13.7. The summed E-state index contributed by atoms with van der Waals surface area (Å²) in [6, 6.07) is 17.3. The van der Waals surface area contributed by atoms with Crippen LogP contribution in [0.5, 0.6) is 5.75 Å². The van der Waals surface area contributed by atoms with E-state index in [1.807, 2.05) is 50.2 Å². The molecule has 0 saturated heterocycles. The monoisotopic (exact) mass is 465 g/mol. The molecule has 0 spiro atoms. The lowest BCUT2D eigenvalue weighted by molar-refractivity contribution is 0.256. The standard InChI is InChI=1S/C27H32ClN3O2/c1-5-18-8-12-20(13-9-18)31(17-19-10-14-21(33-4)15-11-19)27(32)30-26-22(6-2)24(28)16-25(29)23(26)7-3/h8-16H,5-7,17,29H2,1-4H3,(H,30,32). The topological polar surface area (TPSA) is 67.6 Å². The number of nitrogens with two attached hydrogens (primary N) is 1. The Bertz CT molecular complexity index is 1070. The quantitative estimate of drug-likeness (QED) is 0.357. The van der Waals surface area contributed by atoms with Gasteiger partial charge in [-0.1, -0.05) is 56.6 Å². The van der Waals surface area contributed by atoms with Crippen LogP contribution in [0.4, 0.5) is 21.9 Å². The summed E-state index contributed by atoms with van der Waals surface area (Å²) in [6.45, 7) is 6.55. The summed E-state index contributed by atoms with van der Waals surface area (Å²) in [5.41, 5.74) is 12.3. The van der Waals surface area contributed by atoms with E-state index in [1.54, 1.807) is 18.1 Å². The fourth-order valence-electron chi connectivity index (χ4n) is 3.91. The van der Waals surface area contributed by atoms with Gasteiger partial charge in [-0.15, -0.1) is 0 Å². The molecule has 0 aliphatic rings. The average Bonchev–Trinajstić information content (AvgIpc) is 2.83. The van der Waals surface area contributed by atoms with Crippen molar-refractivity contribution in [2.45, 2.75) is 46.6 Å². The highest BCUT2D eigenvalue weighted by molar-refractivity contribution is 6.32. The second-order valence-corrected chi connectivity index (χ2v) is 8.28. The molecule has 0 heterocycles. The molecule has 2 amide bonds. The van der Waals surface area contributed by atoms with E-state index >= 15 is 0 Å². The summed E-state index contributed by atoms with van der Waals surface area (Å²) in [5, 5.41) is 3.70. The number of urea groups is 1. The van der Waals surface area contributed by atoms with E-state index in [0.717, 1.165) is 34.5 Å². The SMILES string of the molecule is CCc1ccc(N(Cc2ccc(OC)cc2)C(=O)Nc2c(CC)c(N)cc(Cl)c2CC)cc1. The minimum atomic E-state index is -0.235. The first-order valence-electron chi connectivity index (χ1n) is 11.3. The molecule has 0 atom stereocenters. The lowest BCUT2D eigenvalue weighted by Gasteiger charge is -2.26. The van der Waals surface area contributed by atoms with Crippen molar-refractivity contribution >= 4 is 34.7 Å². The van der Waals surface area contributed by atoms with Crippen molar-refractivity contribution in [2.24, 2.45) is 0 Å². The van der Waals surface area contributed by atoms with Crippen molar-refractivity contribution in [2.75, 3.05) is 23.1 Å². The summed E-state index contributed by atoms with van der Waals surface area (Å²) in [6.07, 6.45) is 2.31. The number of ether oxygens (including phenoxy) is 1. The molecule has 3 N–H and O–H groups in total. The molecule has 3 rings (SSSR count). The second-order valence-electron chi connectivity index (χ2n) is 7.87. The molecule has 0 saturated carbocycles. The van der Waals surface area contributed by atoms with E-state index in [9.17, 15) is 4.79 Å².